The SMILES string of the molecule is COc1ccc(C=O)c(C(=O)O[C@@H](C)C(=O)NC(=O)NC2CCCCC2)c1OC. The molecule has 2 rings (SSSR count). The number of amides is 3. The van der Waals surface area contributed by atoms with E-state index >= 15 is 0 Å². The van der Waals surface area contributed by atoms with E-state index in [2.05, 4.69) is 10.6 Å². The lowest BCUT2D eigenvalue weighted by atomic mass is 9.96. The fraction of sp³-hybridized carbons (Fsp3) is 0.500. The minimum atomic E-state index is -1.27. The highest BCUT2D eigenvalue weighted by Gasteiger charge is 2.27. The van der Waals surface area contributed by atoms with E-state index in [0.717, 1.165) is 32.1 Å². The number of urea groups is 1. The van der Waals surface area contributed by atoms with Crippen LogP contribution in [0.15, 0.2) is 12.1 Å². The molecule has 0 bridgehead atoms. The average Bonchev–Trinajstić information content (AvgIpc) is 2.72. The number of rotatable bonds is 7. The van der Waals surface area contributed by atoms with Gasteiger partial charge < -0.3 is 19.5 Å². The standard InChI is InChI=1S/C20H26N2O7/c1-12(18(24)22-20(26)21-14-7-5-4-6-8-14)29-19(25)16-13(11-23)9-10-15(27-2)17(16)28-3/h9-12,14H,4-8H2,1-3H3,(H2,21,22,24,26)/t12-/m0/s1. The molecular weight excluding hydrogens is 380 g/mol. The van der Waals surface area contributed by atoms with E-state index in [9.17, 15) is 19.2 Å². The zero-order valence-electron chi connectivity index (χ0n) is 16.8. The van der Waals surface area contributed by atoms with Gasteiger partial charge in [0.15, 0.2) is 23.9 Å². The molecule has 0 radical (unpaired) electrons. The lowest BCUT2D eigenvalue weighted by Crippen LogP contribution is -2.48. The van der Waals surface area contributed by atoms with Crippen molar-refractivity contribution in [1.82, 2.24) is 10.6 Å². The van der Waals surface area contributed by atoms with Crippen molar-refractivity contribution in [2.24, 2.45) is 0 Å². The average molecular weight is 406 g/mol. The summed E-state index contributed by atoms with van der Waals surface area (Å²) in [5, 5.41) is 4.92. The van der Waals surface area contributed by atoms with Gasteiger partial charge in [-0.1, -0.05) is 19.3 Å². The molecule has 1 saturated carbocycles. The molecule has 0 unspecified atom stereocenters. The molecule has 0 heterocycles. The largest absolute Gasteiger partial charge is 0.493 e. The zero-order valence-corrected chi connectivity index (χ0v) is 16.8. The predicted molar refractivity (Wildman–Crippen MR) is 103 cm³/mol. The summed E-state index contributed by atoms with van der Waals surface area (Å²) in [4.78, 5) is 48.1. The van der Waals surface area contributed by atoms with Crippen molar-refractivity contribution in [2.45, 2.75) is 51.2 Å². The molecule has 0 aromatic heterocycles. The first-order valence-corrected chi connectivity index (χ1v) is 9.43. The van der Waals surface area contributed by atoms with Gasteiger partial charge in [0.1, 0.15) is 5.56 Å². The Morgan fingerprint density at radius 3 is 2.38 bits per heavy atom. The second-order valence-electron chi connectivity index (χ2n) is 6.73. The normalized spacial score (nSPS) is 15.0. The van der Waals surface area contributed by atoms with Crippen LogP contribution in [-0.4, -0.2) is 50.6 Å². The third-order valence-electron chi connectivity index (χ3n) is 4.74. The summed E-state index contributed by atoms with van der Waals surface area (Å²) in [5.41, 5.74) is -0.136. The molecular formula is C20H26N2O7. The Bertz CT molecular complexity index is 772. The predicted octanol–water partition coefficient (Wildman–Crippen LogP) is 2.22. The molecule has 0 saturated heterocycles. The second-order valence-corrected chi connectivity index (χ2v) is 6.73. The molecule has 0 aliphatic heterocycles. The van der Waals surface area contributed by atoms with Gasteiger partial charge in [-0.05, 0) is 31.9 Å². The van der Waals surface area contributed by atoms with Crippen molar-refractivity contribution in [2.75, 3.05) is 14.2 Å². The van der Waals surface area contributed by atoms with Crippen molar-refractivity contribution in [3.8, 4) is 11.5 Å². The molecule has 1 aromatic rings. The van der Waals surface area contributed by atoms with Gasteiger partial charge in [-0.15, -0.1) is 0 Å². The topological polar surface area (TPSA) is 120 Å². The molecule has 9 nitrogen and oxygen atoms in total. The van der Waals surface area contributed by atoms with Crippen LogP contribution in [0.4, 0.5) is 4.79 Å². The third kappa shape index (κ3) is 5.69. The molecule has 29 heavy (non-hydrogen) atoms. The summed E-state index contributed by atoms with van der Waals surface area (Å²) >= 11 is 0. The van der Waals surface area contributed by atoms with Crippen LogP contribution in [-0.2, 0) is 9.53 Å². The first-order chi connectivity index (χ1) is 13.9. The van der Waals surface area contributed by atoms with Gasteiger partial charge in [-0.25, -0.2) is 9.59 Å². The van der Waals surface area contributed by atoms with Crippen molar-refractivity contribution in [3.05, 3.63) is 23.3 Å². The molecule has 1 aliphatic carbocycles. The van der Waals surface area contributed by atoms with Crippen LogP contribution >= 0.6 is 0 Å². The maximum Gasteiger partial charge on any atom is 0.343 e. The van der Waals surface area contributed by atoms with E-state index in [-0.39, 0.29) is 28.7 Å². The van der Waals surface area contributed by atoms with Gasteiger partial charge in [-0.3, -0.25) is 14.9 Å². The minimum Gasteiger partial charge on any atom is -0.493 e. The molecule has 2 N–H and O–H groups in total. The van der Waals surface area contributed by atoms with Crippen LogP contribution in [0.3, 0.4) is 0 Å². The Morgan fingerprint density at radius 2 is 1.79 bits per heavy atom. The summed E-state index contributed by atoms with van der Waals surface area (Å²) < 4.78 is 15.4. The zero-order chi connectivity index (χ0) is 21.4. The number of carbonyl (C=O) groups excluding carboxylic acids is 4. The Kier molecular flexibility index (Phi) is 7.99. The molecule has 0 spiro atoms. The highest BCUT2D eigenvalue weighted by atomic mass is 16.6. The maximum absolute atomic E-state index is 12.6. The lowest BCUT2D eigenvalue weighted by Gasteiger charge is -2.23. The summed E-state index contributed by atoms with van der Waals surface area (Å²) in [6.45, 7) is 1.33. The molecule has 158 valence electrons. The van der Waals surface area contributed by atoms with Crippen LogP contribution in [0, 0.1) is 0 Å². The molecule has 9 heteroatoms. The molecule has 1 atom stereocenters. The molecule has 3 amide bonds. The van der Waals surface area contributed by atoms with Gasteiger partial charge in [0.05, 0.1) is 14.2 Å². The smallest absolute Gasteiger partial charge is 0.343 e. The van der Waals surface area contributed by atoms with E-state index in [1.165, 1.54) is 33.3 Å². The quantitative estimate of drug-likeness (QED) is 0.526. The van der Waals surface area contributed by atoms with E-state index in [1.54, 1.807) is 0 Å². The lowest BCUT2D eigenvalue weighted by molar-refractivity contribution is -0.127. The highest BCUT2D eigenvalue weighted by molar-refractivity contribution is 6.03. The number of methoxy groups -OCH3 is 2. The number of esters is 1. The van der Waals surface area contributed by atoms with Crippen LogP contribution < -0.4 is 20.1 Å². The number of aldehydes is 1. The van der Waals surface area contributed by atoms with Crippen LogP contribution in [0.2, 0.25) is 0 Å². The van der Waals surface area contributed by atoms with Gasteiger partial charge in [0.25, 0.3) is 5.91 Å². The fourth-order valence-electron chi connectivity index (χ4n) is 3.21. The van der Waals surface area contributed by atoms with Gasteiger partial charge in [0.2, 0.25) is 0 Å². The highest BCUT2D eigenvalue weighted by Crippen LogP contribution is 2.33. The summed E-state index contributed by atoms with van der Waals surface area (Å²) in [7, 11) is 2.70. The first-order valence-electron chi connectivity index (χ1n) is 9.43. The Labute approximate surface area is 169 Å². The van der Waals surface area contributed by atoms with Gasteiger partial charge >= 0.3 is 12.0 Å². The Balaban J connectivity index is 2.03. The molecule has 1 fully saturated rings. The van der Waals surface area contributed by atoms with E-state index < -0.39 is 24.0 Å². The number of hydrogen-bond acceptors (Lipinski definition) is 7. The summed E-state index contributed by atoms with van der Waals surface area (Å²) in [6.07, 6.45) is 4.16. The summed E-state index contributed by atoms with van der Waals surface area (Å²) in [6, 6.07) is 2.27. The second kappa shape index (κ2) is 10.4. The number of ether oxygens (including phenoxy) is 3. The van der Waals surface area contributed by atoms with Gasteiger partial charge in [-0.2, -0.15) is 0 Å². The Morgan fingerprint density at radius 1 is 1.10 bits per heavy atom. The van der Waals surface area contributed by atoms with Crippen molar-refractivity contribution in [1.29, 1.82) is 0 Å². The third-order valence-corrected chi connectivity index (χ3v) is 4.74. The van der Waals surface area contributed by atoms with Crippen molar-refractivity contribution < 1.29 is 33.4 Å². The van der Waals surface area contributed by atoms with E-state index in [4.69, 9.17) is 14.2 Å². The van der Waals surface area contributed by atoms with E-state index in [0.29, 0.717) is 6.29 Å². The molecule has 1 aliphatic rings. The Hall–Kier alpha value is -3.10. The van der Waals surface area contributed by atoms with Crippen molar-refractivity contribution >= 4 is 24.2 Å². The number of hydrogen-bond donors (Lipinski definition) is 2. The minimum absolute atomic E-state index is 0.0183. The van der Waals surface area contributed by atoms with Crippen LogP contribution in [0.25, 0.3) is 0 Å². The summed E-state index contributed by atoms with van der Waals surface area (Å²) in [5.74, 6) is -1.47. The fourth-order valence-corrected chi connectivity index (χ4v) is 3.21. The monoisotopic (exact) mass is 406 g/mol. The number of carbonyl (C=O) groups is 4. The molecule has 1 aromatic carbocycles. The van der Waals surface area contributed by atoms with Crippen LogP contribution in [0.1, 0.15) is 59.7 Å². The number of nitrogens with one attached hydrogen (secondary N) is 2. The first kappa shape index (κ1) is 22.2. The number of imide groups is 1. The van der Waals surface area contributed by atoms with Gasteiger partial charge in [0, 0.05) is 11.6 Å². The van der Waals surface area contributed by atoms with E-state index in [1.807, 2.05) is 0 Å². The number of benzene rings is 1. The maximum atomic E-state index is 12.6. The van der Waals surface area contributed by atoms with Crippen LogP contribution in [0.5, 0.6) is 11.5 Å². The van der Waals surface area contributed by atoms with Crippen molar-refractivity contribution in [3.63, 3.8) is 0 Å².